The van der Waals surface area contributed by atoms with Crippen LogP contribution in [-0.4, -0.2) is 66.7 Å². The number of benzene rings is 1. The number of hydrogen-bond acceptors (Lipinski definition) is 5. The molecular formula is C19H24N4O4. The summed E-state index contributed by atoms with van der Waals surface area (Å²) in [5.41, 5.74) is 1.91. The first-order chi connectivity index (χ1) is 13.1. The summed E-state index contributed by atoms with van der Waals surface area (Å²) in [5, 5.41) is 15.4. The summed E-state index contributed by atoms with van der Waals surface area (Å²) in [6, 6.07) is 3.95. The molecule has 1 aromatic carbocycles. The van der Waals surface area contributed by atoms with Crippen LogP contribution in [0, 0.1) is 0 Å². The third-order valence-electron chi connectivity index (χ3n) is 5.44. The molecule has 3 aliphatic heterocycles. The second-order valence-corrected chi connectivity index (χ2v) is 7.13. The van der Waals surface area contributed by atoms with Crippen molar-refractivity contribution in [3.05, 3.63) is 35.0 Å². The summed E-state index contributed by atoms with van der Waals surface area (Å²) in [6.07, 6.45) is 2.43. The largest absolute Gasteiger partial charge is 0.504 e. The van der Waals surface area contributed by atoms with Crippen molar-refractivity contribution in [2.24, 2.45) is 0 Å². The number of likely N-dealkylation sites (tertiary alicyclic amines) is 1. The number of rotatable bonds is 5. The number of amides is 3. The first-order valence-electron chi connectivity index (χ1n) is 9.26. The van der Waals surface area contributed by atoms with Crippen molar-refractivity contribution >= 4 is 11.9 Å². The molecule has 3 amide bonds. The molecule has 27 heavy (non-hydrogen) atoms. The van der Waals surface area contributed by atoms with Crippen LogP contribution in [0.15, 0.2) is 29.5 Å². The maximum Gasteiger partial charge on any atom is 0.319 e. The van der Waals surface area contributed by atoms with Gasteiger partial charge in [0.05, 0.1) is 31.0 Å². The number of ether oxygens (including phenoxy) is 1. The molecule has 1 aromatic rings. The minimum atomic E-state index is -0.562. The fraction of sp³-hybridized carbons (Fsp3) is 0.474. The van der Waals surface area contributed by atoms with Gasteiger partial charge >= 0.3 is 6.03 Å². The average molecular weight is 372 g/mol. The molecule has 1 saturated heterocycles. The number of nitrogens with zero attached hydrogens (tertiary/aromatic N) is 2. The highest BCUT2D eigenvalue weighted by molar-refractivity contribution is 6.01. The fourth-order valence-corrected chi connectivity index (χ4v) is 4.00. The van der Waals surface area contributed by atoms with E-state index < -0.39 is 6.04 Å². The SMILES string of the molecule is COc1cc([C@H]2NC(=O)NC3=C2C(=O)N(CCN2CCCC2)C3)ccc1O. The Labute approximate surface area is 157 Å². The van der Waals surface area contributed by atoms with E-state index in [0.29, 0.717) is 35.7 Å². The average Bonchev–Trinajstić information content (AvgIpc) is 3.28. The molecule has 0 spiro atoms. The standard InChI is InChI=1S/C19H24N4O4/c1-27-15-10-12(4-5-14(15)24)17-16-13(20-19(26)21-17)11-23(18(16)25)9-8-22-6-2-3-7-22/h4-5,10,17,24H,2-3,6-9,11H2,1H3,(H2,20,21,26)/t17-/m1/s1. The fourth-order valence-electron chi connectivity index (χ4n) is 4.00. The van der Waals surface area contributed by atoms with Crippen LogP contribution in [0.1, 0.15) is 24.4 Å². The molecule has 8 heteroatoms. The number of carbonyl (C=O) groups is 2. The van der Waals surface area contributed by atoms with E-state index in [1.165, 1.54) is 26.0 Å². The minimum Gasteiger partial charge on any atom is -0.504 e. The first-order valence-corrected chi connectivity index (χ1v) is 9.26. The molecular weight excluding hydrogens is 348 g/mol. The van der Waals surface area contributed by atoms with E-state index in [1.807, 2.05) is 0 Å². The van der Waals surface area contributed by atoms with Crippen molar-refractivity contribution < 1.29 is 19.4 Å². The van der Waals surface area contributed by atoms with Gasteiger partial charge in [-0.3, -0.25) is 4.79 Å². The summed E-state index contributed by atoms with van der Waals surface area (Å²) in [6.45, 7) is 4.09. The van der Waals surface area contributed by atoms with Crippen LogP contribution in [0.25, 0.3) is 0 Å². The smallest absolute Gasteiger partial charge is 0.319 e. The van der Waals surface area contributed by atoms with Gasteiger partial charge < -0.3 is 30.3 Å². The van der Waals surface area contributed by atoms with Crippen molar-refractivity contribution in [2.45, 2.75) is 18.9 Å². The lowest BCUT2D eigenvalue weighted by Gasteiger charge is -2.26. The summed E-state index contributed by atoms with van der Waals surface area (Å²) < 4.78 is 5.16. The molecule has 3 heterocycles. The molecule has 3 aliphatic rings. The summed E-state index contributed by atoms with van der Waals surface area (Å²) in [5.74, 6) is 0.258. The van der Waals surface area contributed by atoms with E-state index >= 15 is 0 Å². The van der Waals surface area contributed by atoms with Gasteiger partial charge in [0, 0.05) is 13.1 Å². The van der Waals surface area contributed by atoms with E-state index in [2.05, 4.69) is 15.5 Å². The Bertz CT molecular complexity index is 801. The van der Waals surface area contributed by atoms with E-state index in [1.54, 1.807) is 17.0 Å². The second kappa shape index (κ2) is 7.11. The quantitative estimate of drug-likeness (QED) is 0.715. The highest BCUT2D eigenvalue weighted by Crippen LogP contribution is 2.36. The zero-order valence-corrected chi connectivity index (χ0v) is 15.3. The highest BCUT2D eigenvalue weighted by Gasteiger charge is 2.40. The Hall–Kier alpha value is -2.74. The third-order valence-corrected chi connectivity index (χ3v) is 5.44. The normalized spacial score (nSPS) is 22.7. The zero-order chi connectivity index (χ0) is 19.0. The van der Waals surface area contributed by atoms with Crippen LogP contribution < -0.4 is 15.4 Å². The zero-order valence-electron chi connectivity index (χ0n) is 15.3. The van der Waals surface area contributed by atoms with Crippen LogP contribution in [0.3, 0.4) is 0 Å². The van der Waals surface area contributed by atoms with Crippen LogP contribution in [0.4, 0.5) is 4.79 Å². The van der Waals surface area contributed by atoms with Crippen molar-refractivity contribution in [1.29, 1.82) is 0 Å². The van der Waals surface area contributed by atoms with Crippen LogP contribution in [0.5, 0.6) is 11.5 Å². The number of phenolic OH excluding ortho intramolecular Hbond substituents is 1. The number of nitrogens with one attached hydrogen (secondary N) is 2. The van der Waals surface area contributed by atoms with E-state index in [4.69, 9.17) is 4.74 Å². The van der Waals surface area contributed by atoms with Crippen LogP contribution >= 0.6 is 0 Å². The van der Waals surface area contributed by atoms with Gasteiger partial charge in [-0.05, 0) is 43.6 Å². The van der Waals surface area contributed by atoms with Crippen molar-refractivity contribution in [3.8, 4) is 11.5 Å². The van der Waals surface area contributed by atoms with Gasteiger partial charge in [-0.1, -0.05) is 6.07 Å². The molecule has 1 fully saturated rings. The van der Waals surface area contributed by atoms with Crippen LogP contribution in [-0.2, 0) is 4.79 Å². The molecule has 0 aromatic heterocycles. The van der Waals surface area contributed by atoms with Gasteiger partial charge in [-0.15, -0.1) is 0 Å². The molecule has 0 aliphatic carbocycles. The number of phenols is 1. The lowest BCUT2D eigenvalue weighted by molar-refractivity contribution is -0.126. The topological polar surface area (TPSA) is 94.1 Å². The number of hydrogen-bond donors (Lipinski definition) is 3. The lowest BCUT2D eigenvalue weighted by Crippen LogP contribution is -2.44. The minimum absolute atomic E-state index is 0.0145. The molecule has 8 nitrogen and oxygen atoms in total. The summed E-state index contributed by atoms with van der Waals surface area (Å²) in [4.78, 5) is 29.3. The van der Waals surface area contributed by atoms with Crippen molar-refractivity contribution in [2.75, 3.05) is 39.8 Å². The molecule has 0 unspecified atom stereocenters. The van der Waals surface area contributed by atoms with Gasteiger partial charge in [0.15, 0.2) is 11.5 Å². The van der Waals surface area contributed by atoms with Crippen molar-refractivity contribution in [1.82, 2.24) is 20.4 Å². The molecule has 0 bridgehead atoms. The van der Waals surface area contributed by atoms with Gasteiger partial charge in [-0.2, -0.15) is 0 Å². The Morgan fingerprint density at radius 3 is 2.74 bits per heavy atom. The maximum absolute atomic E-state index is 13.0. The van der Waals surface area contributed by atoms with E-state index in [9.17, 15) is 14.7 Å². The van der Waals surface area contributed by atoms with E-state index in [0.717, 1.165) is 19.6 Å². The van der Waals surface area contributed by atoms with Gasteiger partial charge in [0.2, 0.25) is 0 Å². The summed E-state index contributed by atoms with van der Waals surface area (Å²) in [7, 11) is 1.46. The molecule has 0 saturated carbocycles. The number of urea groups is 1. The molecule has 0 radical (unpaired) electrons. The molecule has 4 rings (SSSR count). The molecule has 1 atom stereocenters. The predicted octanol–water partition coefficient (Wildman–Crippen LogP) is 0.947. The van der Waals surface area contributed by atoms with Gasteiger partial charge in [0.1, 0.15) is 0 Å². The Morgan fingerprint density at radius 2 is 2.00 bits per heavy atom. The Kier molecular flexibility index (Phi) is 4.65. The monoisotopic (exact) mass is 372 g/mol. The Balaban J connectivity index is 1.55. The molecule has 144 valence electrons. The van der Waals surface area contributed by atoms with Crippen molar-refractivity contribution in [3.63, 3.8) is 0 Å². The molecule has 3 N–H and O–H groups in total. The lowest BCUT2D eigenvalue weighted by atomic mass is 9.96. The highest BCUT2D eigenvalue weighted by atomic mass is 16.5. The summed E-state index contributed by atoms with van der Waals surface area (Å²) >= 11 is 0. The third kappa shape index (κ3) is 3.32. The Morgan fingerprint density at radius 1 is 1.22 bits per heavy atom. The maximum atomic E-state index is 13.0. The number of carbonyl (C=O) groups excluding carboxylic acids is 2. The van der Waals surface area contributed by atoms with Gasteiger partial charge in [-0.25, -0.2) is 4.79 Å². The van der Waals surface area contributed by atoms with Crippen LogP contribution in [0.2, 0.25) is 0 Å². The second-order valence-electron chi connectivity index (χ2n) is 7.13. The first kappa shape index (κ1) is 17.7. The number of methoxy groups -OCH3 is 1. The van der Waals surface area contributed by atoms with E-state index in [-0.39, 0.29) is 17.7 Å². The predicted molar refractivity (Wildman–Crippen MR) is 98.3 cm³/mol. The van der Waals surface area contributed by atoms with Gasteiger partial charge in [0.25, 0.3) is 5.91 Å². The number of aromatic hydroxyl groups is 1.